The molecule has 0 spiro atoms. The lowest BCUT2D eigenvalue weighted by atomic mass is 10.2. The van der Waals surface area contributed by atoms with Crippen LogP contribution in [0.5, 0.6) is 0 Å². The molecular formula is C10H23ClN2O3S. The zero-order valence-electron chi connectivity index (χ0n) is 10.7. The number of hydrogen-bond donors (Lipinski definition) is 1. The predicted molar refractivity (Wildman–Crippen MR) is 72.1 cm³/mol. The van der Waals surface area contributed by atoms with Gasteiger partial charge in [0.25, 0.3) is 0 Å². The van der Waals surface area contributed by atoms with Crippen LogP contribution in [0, 0.1) is 0 Å². The molecule has 0 aromatic rings. The lowest BCUT2D eigenvalue weighted by Crippen LogP contribution is -2.39. The molecule has 0 bridgehead atoms. The monoisotopic (exact) mass is 286 g/mol. The molecule has 17 heavy (non-hydrogen) atoms. The van der Waals surface area contributed by atoms with Gasteiger partial charge in [0.1, 0.15) is 0 Å². The first-order valence-corrected chi connectivity index (χ1v) is 7.32. The fourth-order valence-corrected chi connectivity index (χ4v) is 2.47. The quantitative estimate of drug-likeness (QED) is 0.736. The van der Waals surface area contributed by atoms with Gasteiger partial charge in [-0.25, -0.2) is 8.42 Å². The lowest BCUT2D eigenvalue weighted by Gasteiger charge is -2.24. The van der Waals surface area contributed by atoms with Crippen LogP contribution in [-0.4, -0.2) is 50.4 Å². The standard InChI is InChI=1S/C10H22N2O3S.ClH/c1-4-16(14,15)8-9(2)12(3)10(13)6-5-7-11;/h9H,4-8,11H2,1-3H3;1H. The molecule has 0 aliphatic rings. The summed E-state index contributed by atoms with van der Waals surface area (Å²) in [7, 11) is -1.40. The van der Waals surface area contributed by atoms with Gasteiger partial charge in [-0.05, 0) is 19.9 Å². The Bertz CT molecular complexity index is 320. The van der Waals surface area contributed by atoms with E-state index >= 15 is 0 Å². The molecule has 0 radical (unpaired) electrons. The van der Waals surface area contributed by atoms with Crippen LogP contribution in [0.15, 0.2) is 0 Å². The van der Waals surface area contributed by atoms with E-state index in [1.54, 1.807) is 20.9 Å². The van der Waals surface area contributed by atoms with Gasteiger partial charge in [0, 0.05) is 25.3 Å². The Morgan fingerprint density at radius 3 is 2.35 bits per heavy atom. The number of nitrogens with two attached hydrogens (primary N) is 1. The van der Waals surface area contributed by atoms with Crippen LogP contribution in [0.1, 0.15) is 26.7 Å². The molecule has 1 unspecified atom stereocenters. The van der Waals surface area contributed by atoms with Gasteiger partial charge in [-0.1, -0.05) is 6.92 Å². The van der Waals surface area contributed by atoms with Crippen LogP contribution in [0.2, 0.25) is 0 Å². The van der Waals surface area contributed by atoms with Gasteiger partial charge < -0.3 is 10.6 Å². The highest BCUT2D eigenvalue weighted by molar-refractivity contribution is 7.91. The summed E-state index contributed by atoms with van der Waals surface area (Å²) >= 11 is 0. The Balaban J connectivity index is 0. The number of sulfone groups is 1. The molecule has 0 rings (SSSR count). The van der Waals surface area contributed by atoms with Crippen molar-refractivity contribution in [3.05, 3.63) is 0 Å². The van der Waals surface area contributed by atoms with Crippen LogP contribution < -0.4 is 5.73 Å². The largest absolute Gasteiger partial charge is 0.342 e. The Labute approximate surface area is 110 Å². The third-order valence-corrected chi connectivity index (χ3v) is 4.45. The molecule has 104 valence electrons. The minimum atomic E-state index is -3.04. The van der Waals surface area contributed by atoms with Crippen molar-refractivity contribution in [2.75, 3.05) is 25.1 Å². The van der Waals surface area contributed by atoms with Crippen molar-refractivity contribution in [1.82, 2.24) is 4.90 Å². The SMILES string of the molecule is CCS(=O)(=O)CC(C)N(C)C(=O)CCCN.Cl. The van der Waals surface area contributed by atoms with Gasteiger partial charge in [0.15, 0.2) is 9.84 Å². The number of halogens is 1. The summed E-state index contributed by atoms with van der Waals surface area (Å²) in [4.78, 5) is 13.1. The van der Waals surface area contributed by atoms with Crippen LogP contribution in [-0.2, 0) is 14.6 Å². The van der Waals surface area contributed by atoms with Crippen molar-refractivity contribution >= 4 is 28.2 Å². The Morgan fingerprint density at radius 1 is 1.41 bits per heavy atom. The van der Waals surface area contributed by atoms with E-state index < -0.39 is 9.84 Å². The molecule has 7 heteroatoms. The second kappa shape index (κ2) is 8.72. The van der Waals surface area contributed by atoms with Crippen molar-refractivity contribution < 1.29 is 13.2 Å². The summed E-state index contributed by atoms with van der Waals surface area (Å²) in [5.74, 6) is 0.0838. The molecule has 0 heterocycles. The molecule has 2 N–H and O–H groups in total. The Morgan fingerprint density at radius 2 is 1.94 bits per heavy atom. The minimum Gasteiger partial charge on any atom is -0.342 e. The molecule has 1 amide bonds. The first-order valence-electron chi connectivity index (χ1n) is 5.50. The number of amides is 1. The van der Waals surface area contributed by atoms with Crippen molar-refractivity contribution in [2.45, 2.75) is 32.7 Å². The maximum atomic E-state index is 11.6. The number of carbonyl (C=O) groups excluding carboxylic acids is 1. The Kier molecular flexibility index (Phi) is 9.75. The van der Waals surface area contributed by atoms with E-state index in [1.165, 1.54) is 4.90 Å². The minimum absolute atomic E-state index is 0. The van der Waals surface area contributed by atoms with Gasteiger partial charge >= 0.3 is 0 Å². The summed E-state index contributed by atoms with van der Waals surface area (Å²) < 4.78 is 22.8. The fraction of sp³-hybridized carbons (Fsp3) is 0.900. The van der Waals surface area contributed by atoms with Gasteiger partial charge in [0.2, 0.25) is 5.91 Å². The highest BCUT2D eigenvalue weighted by Gasteiger charge is 2.20. The second-order valence-corrected chi connectivity index (χ2v) is 6.34. The molecule has 5 nitrogen and oxygen atoms in total. The third-order valence-electron chi connectivity index (χ3n) is 2.58. The third kappa shape index (κ3) is 7.57. The summed E-state index contributed by atoms with van der Waals surface area (Å²) in [5, 5.41) is 0. The number of hydrogen-bond acceptors (Lipinski definition) is 4. The molecule has 0 saturated carbocycles. The van der Waals surface area contributed by atoms with Crippen molar-refractivity contribution in [1.29, 1.82) is 0 Å². The fourth-order valence-electron chi connectivity index (χ4n) is 1.27. The van der Waals surface area contributed by atoms with E-state index in [1.807, 2.05) is 0 Å². The number of carbonyl (C=O) groups is 1. The molecule has 0 fully saturated rings. The van der Waals surface area contributed by atoms with Gasteiger partial charge in [-0.15, -0.1) is 12.4 Å². The van der Waals surface area contributed by atoms with E-state index in [4.69, 9.17) is 5.73 Å². The zero-order chi connectivity index (χ0) is 12.8. The molecule has 0 aromatic heterocycles. The van der Waals surface area contributed by atoms with Crippen molar-refractivity contribution in [3.8, 4) is 0 Å². The first kappa shape index (κ1) is 19.0. The second-order valence-electron chi connectivity index (χ2n) is 3.94. The summed E-state index contributed by atoms with van der Waals surface area (Å²) in [6.07, 6.45) is 1.01. The number of rotatable bonds is 7. The van der Waals surface area contributed by atoms with Gasteiger partial charge in [-0.2, -0.15) is 0 Å². The van der Waals surface area contributed by atoms with E-state index in [-0.39, 0.29) is 35.9 Å². The molecule has 1 atom stereocenters. The van der Waals surface area contributed by atoms with E-state index in [9.17, 15) is 13.2 Å². The number of nitrogens with zero attached hydrogens (tertiary/aromatic N) is 1. The summed E-state index contributed by atoms with van der Waals surface area (Å²) in [6.45, 7) is 3.83. The molecule has 0 aliphatic heterocycles. The lowest BCUT2D eigenvalue weighted by molar-refractivity contribution is -0.131. The maximum absolute atomic E-state index is 11.6. The smallest absolute Gasteiger partial charge is 0.222 e. The highest BCUT2D eigenvalue weighted by atomic mass is 35.5. The molecule has 0 aromatic carbocycles. The maximum Gasteiger partial charge on any atom is 0.222 e. The Hall–Kier alpha value is -0.330. The van der Waals surface area contributed by atoms with Gasteiger partial charge in [-0.3, -0.25) is 4.79 Å². The zero-order valence-corrected chi connectivity index (χ0v) is 12.3. The van der Waals surface area contributed by atoms with Crippen LogP contribution in [0.25, 0.3) is 0 Å². The van der Waals surface area contributed by atoms with Crippen molar-refractivity contribution in [3.63, 3.8) is 0 Å². The average Bonchev–Trinajstić information content (AvgIpc) is 2.24. The predicted octanol–water partition coefficient (Wildman–Crippen LogP) is 0.429. The van der Waals surface area contributed by atoms with Crippen LogP contribution >= 0.6 is 12.4 Å². The van der Waals surface area contributed by atoms with E-state index in [2.05, 4.69) is 0 Å². The average molecular weight is 287 g/mol. The first-order chi connectivity index (χ1) is 7.34. The topological polar surface area (TPSA) is 80.5 Å². The summed E-state index contributed by atoms with van der Waals surface area (Å²) in [5.41, 5.74) is 5.31. The molecular weight excluding hydrogens is 264 g/mol. The van der Waals surface area contributed by atoms with E-state index in [0.717, 1.165) is 0 Å². The summed E-state index contributed by atoms with van der Waals surface area (Å²) in [6, 6.07) is -0.282. The van der Waals surface area contributed by atoms with Gasteiger partial charge in [0.05, 0.1) is 5.75 Å². The van der Waals surface area contributed by atoms with E-state index in [0.29, 0.717) is 19.4 Å². The van der Waals surface area contributed by atoms with Crippen molar-refractivity contribution in [2.24, 2.45) is 5.73 Å². The molecule has 0 aliphatic carbocycles. The van der Waals surface area contributed by atoms with Crippen LogP contribution in [0.3, 0.4) is 0 Å². The van der Waals surface area contributed by atoms with Crippen LogP contribution in [0.4, 0.5) is 0 Å². The molecule has 0 saturated heterocycles. The highest BCUT2D eigenvalue weighted by Crippen LogP contribution is 2.04. The normalized spacial score (nSPS) is 12.7.